The largest absolute Gasteiger partial charge is 0.475 e. The molecule has 0 N–H and O–H groups in total. The highest BCUT2D eigenvalue weighted by Gasteiger charge is 2.39. The topological polar surface area (TPSA) is 26.3 Å². The number of rotatable bonds is 2. The van der Waals surface area contributed by atoms with Crippen LogP contribution in [0.25, 0.3) is 16.8 Å². The summed E-state index contributed by atoms with van der Waals surface area (Å²) in [5.74, 6) is 0.661. The van der Waals surface area contributed by atoms with Crippen molar-refractivity contribution in [2.45, 2.75) is 12.5 Å². The lowest BCUT2D eigenvalue weighted by molar-refractivity contribution is -0.129. The highest BCUT2D eigenvalue weighted by molar-refractivity contribution is 6.04. The highest BCUT2D eigenvalue weighted by atomic mass is 16.5. The van der Waals surface area contributed by atoms with Gasteiger partial charge in [0.25, 0.3) is 0 Å². The lowest BCUT2D eigenvalue weighted by Crippen LogP contribution is -2.39. The molecule has 0 radical (unpaired) electrons. The van der Waals surface area contributed by atoms with Crippen LogP contribution >= 0.6 is 0 Å². The van der Waals surface area contributed by atoms with E-state index in [1.165, 1.54) is 0 Å². The summed E-state index contributed by atoms with van der Waals surface area (Å²) >= 11 is 0. The Hall–Kier alpha value is -2.87. The fourth-order valence-electron chi connectivity index (χ4n) is 3.11. The second kappa shape index (κ2) is 5.10. The molecule has 1 atom stereocenters. The molecule has 0 saturated heterocycles. The maximum Gasteiger partial charge on any atom is 0.203 e. The normalized spacial score (nSPS) is 19.6. The van der Waals surface area contributed by atoms with Gasteiger partial charge < -0.3 is 4.74 Å². The van der Waals surface area contributed by atoms with Gasteiger partial charge in [0.05, 0.1) is 0 Å². The number of ketones is 1. The van der Waals surface area contributed by atoms with Crippen molar-refractivity contribution < 1.29 is 9.53 Å². The minimum Gasteiger partial charge on any atom is -0.475 e. The molecule has 0 spiro atoms. The van der Waals surface area contributed by atoms with E-state index in [9.17, 15) is 4.79 Å². The van der Waals surface area contributed by atoms with Gasteiger partial charge in [0, 0.05) is 5.56 Å². The van der Waals surface area contributed by atoms with Crippen LogP contribution in [0.3, 0.4) is 0 Å². The summed E-state index contributed by atoms with van der Waals surface area (Å²) in [5, 5.41) is 2.25. The SMILES string of the molecule is CC1(Oc2ccc3ccccc3c2)C(=O)C=Cc2ccccc21. The van der Waals surface area contributed by atoms with Crippen LogP contribution in [0.5, 0.6) is 5.75 Å². The third-order valence-corrected chi connectivity index (χ3v) is 4.40. The zero-order valence-corrected chi connectivity index (χ0v) is 12.8. The van der Waals surface area contributed by atoms with Crippen molar-refractivity contribution in [1.82, 2.24) is 0 Å². The average molecular weight is 300 g/mol. The molecule has 0 aliphatic heterocycles. The van der Waals surface area contributed by atoms with Gasteiger partial charge in [-0.2, -0.15) is 0 Å². The van der Waals surface area contributed by atoms with Crippen molar-refractivity contribution in [2.75, 3.05) is 0 Å². The molecule has 0 bridgehead atoms. The summed E-state index contributed by atoms with van der Waals surface area (Å²) in [6.45, 7) is 1.84. The molecule has 4 rings (SSSR count). The molecule has 23 heavy (non-hydrogen) atoms. The van der Waals surface area contributed by atoms with Crippen molar-refractivity contribution in [2.24, 2.45) is 0 Å². The zero-order chi connectivity index (χ0) is 15.9. The van der Waals surface area contributed by atoms with Gasteiger partial charge >= 0.3 is 0 Å². The molecule has 2 heteroatoms. The Kier molecular flexibility index (Phi) is 3.05. The third-order valence-electron chi connectivity index (χ3n) is 4.40. The summed E-state index contributed by atoms with van der Waals surface area (Å²) in [7, 11) is 0. The van der Waals surface area contributed by atoms with Gasteiger partial charge in [0.15, 0.2) is 5.60 Å². The Bertz CT molecular complexity index is 939. The lowest BCUT2D eigenvalue weighted by Gasteiger charge is -2.32. The first-order valence-electron chi connectivity index (χ1n) is 7.67. The van der Waals surface area contributed by atoms with Crippen molar-refractivity contribution in [3.63, 3.8) is 0 Å². The summed E-state index contributed by atoms with van der Waals surface area (Å²) in [6.07, 6.45) is 3.45. The van der Waals surface area contributed by atoms with Gasteiger partial charge in [0.1, 0.15) is 5.75 Å². The first-order chi connectivity index (χ1) is 11.2. The zero-order valence-electron chi connectivity index (χ0n) is 12.8. The molecule has 3 aromatic carbocycles. The number of carbonyl (C=O) groups is 1. The Labute approximate surface area is 135 Å². The Morgan fingerprint density at radius 2 is 1.57 bits per heavy atom. The van der Waals surface area contributed by atoms with Gasteiger partial charge in [-0.25, -0.2) is 0 Å². The third kappa shape index (κ3) is 2.23. The first kappa shape index (κ1) is 13.8. The Morgan fingerprint density at radius 1 is 0.826 bits per heavy atom. The molecule has 0 aromatic heterocycles. The monoisotopic (exact) mass is 300 g/mol. The second-order valence-electron chi connectivity index (χ2n) is 5.93. The minimum absolute atomic E-state index is 0.0376. The van der Waals surface area contributed by atoms with Crippen molar-refractivity contribution in [3.05, 3.63) is 83.9 Å². The maximum absolute atomic E-state index is 12.5. The first-order valence-corrected chi connectivity index (χ1v) is 7.67. The summed E-state index contributed by atoms with van der Waals surface area (Å²) in [4.78, 5) is 12.5. The Balaban J connectivity index is 1.79. The van der Waals surface area contributed by atoms with Crippen LogP contribution in [-0.4, -0.2) is 5.78 Å². The molecular formula is C21H16O2. The molecule has 0 heterocycles. The van der Waals surface area contributed by atoms with Crippen LogP contribution in [0, 0.1) is 0 Å². The van der Waals surface area contributed by atoms with Crippen LogP contribution in [0.2, 0.25) is 0 Å². The molecule has 1 unspecified atom stereocenters. The predicted octanol–water partition coefficient (Wildman–Crippen LogP) is 4.73. The lowest BCUT2D eigenvalue weighted by atomic mass is 9.83. The van der Waals surface area contributed by atoms with Crippen molar-refractivity contribution >= 4 is 22.6 Å². The molecule has 3 aromatic rings. The van der Waals surface area contributed by atoms with Gasteiger partial charge in [-0.15, -0.1) is 0 Å². The van der Waals surface area contributed by atoms with Crippen LogP contribution in [0.15, 0.2) is 72.8 Å². The predicted molar refractivity (Wildman–Crippen MR) is 92.4 cm³/mol. The van der Waals surface area contributed by atoms with Gasteiger partial charge in [-0.1, -0.05) is 60.7 Å². The number of hydrogen-bond donors (Lipinski definition) is 0. The number of fused-ring (bicyclic) bond motifs is 2. The summed E-state index contributed by atoms with van der Waals surface area (Å²) in [5.41, 5.74) is 0.935. The molecular weight excluding hydrogens is 284 g/mol. The van der Waals surface area contributed by atoms with E-state index in [1.54, 1.807) is 6.08 Å². The van der Waals surface area contributed by atoms with E-state index < -0.39 is 5.60 Å². The molecule has 0 fully saturated rings. The maximum atomic E-state index is 12.5. The number of hydrogen-bond acceptors (Lipinski definition) is 2. The quantitative estimate of drug-likeness (QED) is 0.684. The van der Waals surface area contributed by atoms with E-state index in [4.69, 9.17) is 4.74 Å². The average Bonchev–Trinajstić information content (AvgIpc) is 2.59. The summed E-state index contributed by atoms with van der Waals surface area (Å²) in [6, 6.07) is 21.9. The van der Waals surface area contributed by atoms with Crippen LogP contribution in [0.4, 0.5) is 0 Å². The summed E-state index contributed by atoms with van der Waals surface area (Å²) < 4.78 is 6.19. The molecule has 112 valence electrons. The van der Waals surface area contributed by atoms with Gasteiger partial charge in [0.2, 0.25) is 5.78 Å². The number of benzene rings is 3. The standard InChI is InChI=1S/C21H16O2/c1-21(19-9-5-4-7-16(19)11-13-20(21)22)23-18-12-10-15-6-2-3-8-17(15)14-18/h2-14H,1H3. The van der Waals surface area contributed by atoms with E-state index in [0.29, 0.717) is 5.75 Å². The molecule has 2 nitrogen and oxygen atoms in total. The van der Waals surface area contributed by atoms with E-state index in [0.717, 1.165) is 21.9 Å². The van der Waals surface area contributed by atoms with E-state index >= 15 is 0 Å². The molecule has 1 aliphatic carbocycles. The highest BCUT2D eigenvalue weighted by Crippen LogP contribution is 2.36. The van der Waals surface area contributed by atoms with E-state index in [1.807, 2.05) is 73.7 Å². The Morgan fingerprint density at radius 3 is 2.43 bits per heavy atom. The second-order valence-corrected chi connectivity index (χ2v) is 5.93. The van der Waals surface area contributed by atoms with Crippen molar-refractivity contribution in [1.29, 1.82) is 0 Å². The fraction of sp³-hybridized carbons (Fsp3) is 0.0952. The number of ether oxygens (including phenoxy) is 1. The van der Waals surface area contributed by atoms with Crippen LogP contribution in [-0.2, 0) is 10.4 Å². The van der Waals surface area contributed by atoms with Crippen molar-refractivity contribution in [3.8, 4) is 5.75 Å². The van der Waals surface area contributed by atoms with Gasteiger partial charge in [-0.3, -0.25) is 4.79 Å². The molecule has 1 aliphatic rings. The fourth-order valence-corrected chi connectivity index (χ4v) is 3.11. The van der Waals surface area contributed by atoms with Crippen LogP contribution in [0.1, 0.15) is 18.1 Å². The minimum atomic E-state index is -0.992. The number of carbonyl (C=O) groups excluding carboxylic acids is 1. The molecule has 0 amide bonds. The van der Waals surface area contributed by atoms with Crippen LogP contribution < -0.4 is 4.74 Å². The smallest absolute Gasteiger partial charge is 0.203 e. The molecule has 0 saturated carbocycles. The van der Waals surface area contributed by atoms with Gasteiger partial charge in [-0.05, 0) is 41.5 Å². The van der Waals surface area contributed by atoms with E-state index in [2.05, 4.69) is 6.07 Å². The van der Waals surface area contributed by atoms with E-state index in [-0.39, 0.29) is 5.78 Å².